The van der Waals surface area contributed by atoms with Gasteiger partial charge in [0.25, 0.3) is 0 Å². The predicted octanol–water partition coefficient (Wildman–Crippen LogP) is 4.31. The Kier molecular flexibility index (Phi) is 4.54. The molecular weight excluding hydrogens is 359 g/mol. The average Bonchev–Trinajstić information content (AvgIpc) is 2.46. The Morgan fingerprint density at radius 1 is 0.955 bits per heavy atom. The molecule has 0 aliphatic carbocycles. The minimum atomic E-state index is -4.85. The Hall–Kier alpha value is -1.53. The van der Waals surface area contributed by atoms with Crippen molar-refractivity contribution in [2.24, 2.45) is 0 Å². The Labute approximate surface area is 135 Å². The highest BCUT2D eigenvalue weighted by atomic mass is 79.9. The molecule has 0 aliphatic heterocycles. The largest absolute Gasteiger partial charge is 0.425 e. The monoisotopic (exact) mass is 373 g/mol. The number of anilines is 1. The Morgan fingerprint density at radius 2 is 1.50 bits per heavy atom. The van der Waals surface area contributed by atoms with E-state index in [1.165, 1.54) is 30.3 Å². The van der Waals surface area contributed by atoms with Crippen LogP contribution in [0.5, 0.6) is 0 Å². The van der Waals surface area contributed by atoms with Gasteiger partial charge in [0.05, 0.1) is 0 Å². The summed E-state index contributed by atoms with van der Waals surface area (Å²) in [4.78, 5) is 1.77. The Balaban J connectivity index is 2.63. The number of aliphatic hydroxyl groups is 1. The van der Waals surface area contributed by atoms with Gasteiger partial charge >= 0.3 is 6.18 Å². The van der Waals surface area contributed by atoms with Crippen molar-refractivity contribution in [1.82, 2.24) is 0 Å². The van der Waals surface area contributed by atoms with Gasteiger partial charge in [0.2, 0.25) is 5.60 Å². The van der Waals surface area contributed by atoms with Crippen LogP contribution in [-0.2, 0) is 5.60 Å². The zero-order valence-electron chi connectivity index (χ0n) is 12.0. The van der Waals surface area contributed by atoms with Crippen LogP contribution in [-0.4, -0.2) is 25.4 Å². The summed E-state index contributed by atoms with van der Waals surface area (Å²) in [5.74, 6) is 0. The normalized spacial score (nSPS) is 14.5. The first-order valence-electron chi connectivity index (χ1n) is 6.50. The number of alkyl halides is 3. The molecule has 2 nitrogen and oxygen atoms in total. The molecule has 118 valence electrons. The van der Waals surface area contributed by atoms with Crippen molar-refractivity contribution in [3.63, 3.8) is 0 Å². The molecule has 6 heteroatoms. The van der Waals surface area contributed by atoms with Gasteiger partial charge in [0.15, 0.2) is 0 Å². The molecular formula is C16H15BrF3NO. The minimum absolute atomic E-state index is 0.200. The van der Waals surface area contributed by atoms with Gasteiger partial charge in [0.1, 0.15) is 0 Å². The van der Waals surface area contributed by atoms with E-state index in [1.807, 2.05) is 0 Å². The van der Waals surface area contributed by atoms with Gasteiger partial charge in [-0.3, -0.25) is 0 Å². The number of halogens is 4. The van der Waals surface area contributed by atoms with Crippen LogP contribution in [0.1, 0.15) is 11.1 Å². The maximum absolute atomic E-state index is 13.6. The maximum Gasteiger partial charge on any atom is 0.425 e. The summed E-state index contributed by atoms with van der Waals surface area (Å²) in [6.07, 6.45) is -4.85. The molecule has 22 heavy (non-hydrogen) atoms. The standard InChI is InChI=1S/C16H15BrF3NO/c1-21(2)12-9-7-11(8-10-12)15(22,16(18,19)20)13-5-3-4-6-14(13)17/h3-10,22H,1-2H3. The highest BCUT2D eigenvalue weighted by Crippen LogP contribution is 2.46. The van der Waals surface area contributed by atoms with E-state index in [9.17, 15) is 18.3 Å². The van der Waals surface area contributed by atoms with Crippen molar-refractivity contribution in [2.75, 3.05) is 19.0 Å². The molecule has 1 unspecified atom stereocenters. The third kappa shape index (κ3) is 2.85. The lowest BCUT2D eigenvalue weighted by Gasteiger charge is -2.32. The number of benzene rings is 2. The van der Waals surface area contributed by atoms with Gasteiger partial charge in [-0.05, 0) is 23.8 Å². The first-order valence-corrected chi connectivity index (χ1v) is 7.29. The fraction of sp³-hybridized carbons (Fsp3) is 0.250. The molecule has 0 aliphatic rings. The van der Waals surface area contributed by atoms with E-state index in [-0.39, 0.29) is 15.6 Å². The lowest BCUT2D eigenvalue weighted by Crippen LogP contribution is -2.43. The first-order chi connectivity index (χ1) is 10.2. The summed E-state index contributed by atoms with van der Waals surface area (Å²) in [5.41, 5.74) is -2.78. The SMILES string of the molecule is CN(C)c1ccc(C(O)(c2ccccc2Br)C(F)(F)F)cc1. The maximum atomic E-state index is 13.6. The molecule has 0 bridgehead atoms. The summed E-state index contributed by atoms with van der Waals surface area (Å²) < 4.78 is 41.1. The van der Waals surface area contributed by atoms with E-state index >= 15 is 0 Å². The van der Waals surface area contributed by atoms with Gasteiger partial charge in [-0.1, -0.05) is 46.3 Å². The third-order valence-corrected chi connectivity index (χ3v) is 4.17. The zero-order chi connectivity index (χ0) is 16.5. The molecule has 0 fully saturated rings. The van der Waals surface area contributed by atoms with Crippen molar-refractivity contribution in [3.8, 4) is 0 Å². The number of hydrogen-bond donors (Lipinski definition) is 1. The van der Waals surface area contributed by atoms with Gasteiger partial charge in [-0.25, -0.2) is 0 Å². The summed E-state index contributed by atoms with van der Waals surface area (Å²) in [6.45, 7) is 0. The molecule has 2 aromatic rings. The number of rotatable bonds is 3. The molecule has 0 aromatic heterocycles. The zero-order valence-corrected chi connectivity index (χ0v) is 13.6. The van der Waals surface area contributed by atoms with E-state index in [4.69, 9.17) is 0 Å². The van der Waals surface area contributed by atoms with Crippen molar-refractivity contribution >= 4 is 21.6 Å². The highest BCUT2D eigenvalue weighted by molar-refractivity contribution is 9.10. The summed E-state index contributed by atoms with van der Waals surface area (Å²) in [5, 5.41) is 10.5. The molecule has 0 amide bonds. The van der Waals surface area contributed by atoms with Crippen LogP contribution in [0.2, 0.25) is 0 Å². The van der Waals surface area contributed by atoms with Gasteiger partial charge in [0, 0.05) is 29.8 Å². The average molecular weight is 374 g/mol. The molecule has 1 atom stereocenters. The Bertz CT molecular complexity index is 655. The van der Waals surface area contributed by atoms with Crippen LogP contribution in [0.15, 0.2) is 53.0 Å². The summed E-state index contributed by atoms with van der Waals surface area (Å²) >= 11 is 3.09. The van der Waals surface area contributed by atoms with E-state index in [1.54, 1.807) is 37.2 Å². The van der Waals surface area contributed by atoms with Crippen LogP contribution >= 0.6 is 15.9 Å². The molecule has 0 saturated carbocycles. The molecule has 0 saturated heterocycles. The fourth-order valence-corrected chi connectivity index (χ4v) is 2.80. The first kappa shape index (κ1) is 16.8. The lowest BCUT2D eigenvalue weighted by molar-refractivity contribution is -0.248. The van der Waals surface area contributed by atoms with Crippen LogP contribution in [0.25, 0.3) is 0 Å². The van der Waals surface area contributed by atoms with Crippen molar-refractivity contribution in [2.45, 2.75) is 11.8 Å². The van der Waals surface area contributed by atoms with Crippen LogP contribution in [0, 0.1) is 0 Å². The van der Waals surface area contributed by atoms with Crippen molar-refractivity contribution in [1.29, 1.82) is 0 Å². The van der Waals surface area contributed by atoms with Gasteiger partial charge in [-0.2, -0.15) is 13.2 Å². The van der Waals surface area contributed by atoms with Crippen LogP contribution in [0.3, 0.4) is 0 Å². The second-order valence-electron chi connectivity index (χ2n) is 5.13. The fourth-order valence-electron chi connectivity index (χ4n) is 2.23. The van der Waals surface area contributed by atoms with E-state index in [2.05, 4.69) is 15.9 Å². The molecule has 2 rings (SSSR count). The van der Waals surface area contributed by atoms with Gasteiger partial charge < -0.3 is 10.0 Å². The molecule has 0 heterocycles. The summed E-state index contributed by atoms with van der Waals surface area (Å²) in [6, 6.07) is 11.5. The molecule has 1 N–H and O–H groups in total. The van der Waals surface area contributed by atoms with Crippen LogP contribution in [0.4, 0.5) is 18.9 Å². The third-order valence-electron chi connectivity index (χ3n) is 3.48. The lowest BCUT2D eigenvalue weighted by atomic mass is 9.85. The molecule has 2 aromatic carbocycles. The predicted molar refractivity (Wildman–Crippen MR) is 84.0 cm³/mol. The van der Waals surface area contributed by atoms with E-state index < -0.39 is 11.8 Å². The highest BCUT2D eigenvalue weighted by Gasteiger charge is 2.57. The van der Waals surface area contributed by atoms with Crippen molar-refractivity contribution in [3.05, 3.63) is 64.1 Å². The smallest absolute Gasteiger partial charge is 0.378 e. The number of hydrogen-bond acceptors (Lipinski definition) is 2. The van der Waals surface area contributed by atoms with Gasteiger partial charge in [-0.15, -0.1) is 0 Å². The van der Waals surface area contributed by atoms with E-state index in [0.29, 0.717) is 0 Å². The summed E-state index contributed by atoms with van der Waals surface area (Å²) in [7, 11) is 3.58. The van der Waals surface area contributed by atoms with Crippen LogP contribution < -0.4 is 4.90 Å². The number of nitrogens with zero attached hydrogens (tertiary/aromatic N) is 1. The quantitative estimate of drug-likeness (QED) is 0.866. The molecule has 0 radical (unpaired) electrons. The minimum Gasteiger partial charge on any atom is -0.378 e. The Morgan fingerprint density at radius 3 is 1.95 bits per heavy atom. The topological polar surface area (TPSA) is 23.5 Å². The second-order valence-corrected chi connectivity index (χ2v) is 5.98. The second kappa shape index (κ2) is 5.93. The van der Waals surface area contributed by atoms with Crippen molar-refractivity contribution < 1.29 is 18.3 Å². The van der Waals surface area contributed by atoms with E-state index in [0.717, 1.165) is 5.69 Å². The molecule has 0 spiro atoms.